The number of thioether (sulfide) groups is 2. The third kappa shape index (κ3) is 2.66. The van der Waals surface area contributed by atoms with Crippen LogP contribution in [0.2, 0.25) is 0 Å². The van der Waals surface area contributed by atoms with Gasteiger partial charge in [-0.2, -0.15) is 0 Å². The van der Waals surface area contributed by atoms with E-state index in [1.807, 2.05) is 23.5 Å². The first kappa shape index (κ1) is 10.8. The number of rotatable bonds is 3. The molecule has 5 nitrogen and oxygen atoms in total. The summed E-state index contributed by atoms with van der Waals surface area (Å²) in [6.07, 6.45) is 2.93. The Labute approximate surface area is 95.1 Å². The summed E-state index contributed by atoms with van der Waals surface area (Å²) in [4.78, 5) is 10.2. The fourth-order valence-corrected chi connectivity index (χ4v) is 4.20. The van der Waals surface area contributed by atoms with Crippen LogP contribution < -0.4 is 0 Å². The zero-order chi connectivity index (χ0) is 10.7. The van der Waals surface area contributed by atoms with Gasteiger partial charge in [0.1, 0.15) is 0 Å². The second-order valence-electron chi connectivity index (χ2n) is 3.13. The van der Waals surface area contributed by atoms with Crippen LogP contribution in [-0.2, 0) is 6.42 Å². The maximum Gasteiger partial charge on any atom is 0.331 e. The highest BCUT2D eigenvalue weighted by molar-refractivity contribution is 8.17. The van der Waals surface area contributed by atoms with E-state index in [0.717, 1.165) is 17.8 Å². The summed E-state index contributed by atoms with van der Waals surface area (Å²) in [5.41, 5.74) is 0.466. The maximum atomic E-state index is 10.6. The minimum Gasteiger partial charge on any atom is -0.357 e. The molecule has 2 rings (SSSR count). The van der Waals surface area contributed by atoms with Crippen molar-refractivity contribution in [3.63, 3.8) is 0 Å². The largest absolute Gasteiger partial charge is 0.357 e. The molecule has 82 valence electrons. The minimum absolute atomic E-state index is 0.00164. The molecule has 0 unspecified atom stereocenters. The number of nitrogens with zero attached hydrogens (tertiary/aromatic N) is 2. The van der Waals surface area contributed by atoms with Gasteiger partial charge in [-0.25, -0.2) is 0 Å². The van der Waals surface area contributed by atoms with Crippen molar-refractivity contribution in [3.05, 3.63) is 22.1 Å². The van der Waals surface area contributed by atoms with Gasteiger partial charge in [-0.05, 0) is 17.9 Å². The minimum atomic E-state index is -0.440. The third-order valence-electron chi connectivity index (χ3n) is 2.08. The number of aromatic nitrogens is 1. The molecule has 1 aromatic rings. The van der Waals surface area contributed by atoms with Gasteiger partial charge in [0.15, 0.2) is 5.69 Å². The summed E-state index contributed by atoms with van der Waals surface area (Å²) >= 11 is 3.68. The lowest BCUT2D eigenvalue weighted by Gasteiger charge is -2.19. The Kier molecular flexibility index (Phi) is 3.53. The van der Waals surface area contributed by atoms with Crippen LogP contribution in [0.5, 0.6) is 0 Å². The Morgan fingerprint density at radius 2 is 2.33 bits per heavy atom. The van der Waals surface area contributed by atoms with Gasteiger partial charge in [-0.1, -0.05) is 5.16 Å². The summed E-state index contributed by atoms with van der Waals surface area (Å²) in [5.74, 6) is 2.26. The zero-order valence-electron chi connectivity index (χ0n) is 7.92. The second-order valence-corrected chi connectivity index (χ2v) is 6.05. The van der Waals surface area contributed by atoms with Gasteiger partial charge in [0.25, 0.3) is 0 Å². The van der Waals surface area contributed by atoms with Gasteiger partial charge >= 0.3 is 5.69 Å². The van der Waals surface area contributed by atoms with Crippen molar-refractivity contribution in [2.75, 3.05) is 11.5 Å². The molecule has 0 amide bonds. The highest BCUT2D eigenvalue weighted by atomic mass is 32.2. The first-order valence-corrected chi connectivity index (χ1v) is 6.68. The van der Waals surface area contributed by atoms with Crippen molar-refractivity contribution in [1.29, 1.82) is 0 Å². The molecule has 0 N–H and O–H groups in total. The third-order valence-corrected chi connectivity index (χ3v) is 5.02. The van der Waals surface area contributed by atoms with E-state index in [-0.39, 0.29) is 5.69 Å². The van der Waals surface area contributed by atoms with E-state index in [1.54, 1.807) is 0 Å². The summed E-state index contributed by atoms with van der Waals surface area (Å²) in [5, 5.41) is 14.3. The fraction of sp³-hybridized carbons (Fsp3) is 0.625. The van der Waals surface area contributed by atoms with Crippen LogP contribution >= 0.6 is 23.5 Å². The lowest BCUT2D eigenvalue weighted by Crippen LogP contribution is -2.10. The Morgan fingerprint density at radius 3 is 3.00 bits per heavy atom. The first-order chi connectivity index (χ1) is 7.27. The normalized spacial score (nSPS) is 17.9. The molecule has 1 aromatic heterocycles. The van der Waals surface area contributed by atoms with Crippen molar-refractivity contribution >= 4 is 29.2 Å². The van der Waals surface area contributed by atoms with Crippen LogP contribution in [-0.4, -0.2) is 26.2 Å². The second kappa shape index (κ2) is 4.89. The van der Waals surface area contributed by atoms with Crippen molar-refractivity contribution in [2.24, 2.45) is 0 Å². The van der Waals surface area contributed by atoms with Gasteiger partial charge in [0, 0.05) is 6.42 Å². The Balaban J connectivity index is 2.03. The Morgan fingerprint density at radius 1 is 1.60 bits per heavy atom. The number of hydrogen-bond donors (Lipinski definition) is 0. The highest BCUT2D eigenvalue weighted by Crippen LogP contribution is 2.34. The summed E-state index contributed by atoms with van der Waals surface area (Å²) in [6, 6.07) is 0. The molecule has 1 fully saturated rings. The molecule has 0 saturated carbocycles. The summed E-state index contributed by atoms with van der Waals surface area (Å²) < 4.78 is 5.02. The molecule has 1 saturated heterocycles. The standard InChI is InChI=1S/C8H10N2O3S2/c11-10(12)7-5-13-9-6(7)4-8-14-2-1-3-15-8/h5,8H,1-4H2. The molecule has 0 atom stereocenters. The van der Waals surface area contributed by atoms with Crippen LogP contribution in [0, 0.1) is 10.1 Å². The van der Waals surface area contributed by atoms with Crippen molar-refractivity contribution in [3.8, 4) is 0 Å². The predicted molar refractivity (Wildman–Crippen MR) is 60.2 cm³/mol. The molecule has 7 heteroatoms. The predicted octanol–water partition coefficient (Wildman–Crippen LogP) is 2.32. The van der Waals surface area contributed by atoms with Crippen LogP contribution in [0.1, 0.15) is 12.1 Å². The average Bonchev–Trinajstić information content (AvgIpc) is 2.67. The molecular formula is C8H10N2O3S2. The molecule has 0 spiro atoms. The van der Waals surface area contributed by atoms with Gasteiger partial charge in [-0.3, -0.25) is 10.1 Å². The summed E-state index contributed by atoms with van der Waals surface area (Å²) in [7, 11) is 0. The van der Waals surface area contributed by atoms with E-state index in [0.29, 0.717) is 16.7 Å². The van der Waals surface area contributed by atoms with E-state index in [2.05, 4.69) is 9.68 Å². The molecule has 15 heavy (non-hydrogen) atoms. The van der Waals surface area contributed by atoms with E-state index < -0.39 is 4.92 Å². The smallest absolute Gasteiger partial charge is 0.331 e. The van der Waals surface area contributed by atoms with Crippen molar-refractivity contribution < 1.29 is 9.45 Å². The van der Waals surface area contributed by atoms with Crippen LogP contribution in [0.25, 0.3) is 0 Å². The topological polar surface area (TPSA) is 69.2 Å². The van der Waals surface area contributed by atoms with Crippen molar-refractivity contribution in [1.82, 2.24) is 5.16 Å². The molecule has 0 bridgehead atoms. The molecule has 1 aliphatic rings. The highest BCUT2D eigenvalue weighted by Gasteiger charge is 2.24. The molecule has 0 aliphatic carbocycles. The molecule has 1 aliphatic heterocycles. The van der Waals surface area contributed by atoms with Gasteiger partial charge in [-0.15, -0.1) is 23.5 Å². The molecule has 0 aromatic carbocycles. The monoisotopic (exact) mass is 246 g/mol. The number of nitro groups is 1. The quantitative estimate of drug-likeness (QED) is 0.602. The lowest BCUT2D eigenvalue weighted by atomic mass is 10.3. The zero-order valence-corrected chi connectivity index (χ0v) is 9.55. The average molecular weight is 246 g/mol. The molecule has 2 heterocycles. The van der Waals surface area contributed by atoms with Crippen LogP contribution in [0.3, 0.4) is 0 Å². The van der Waals surface area contributed by atoms with E-state index in [9.17, 15) is 10.1 Å². The van der Waals surface area contributed by atoms with Crippen molar-refractivity contribution in [2.45, 2.75) is 17.4 Å². The van der Waals surface area contributed by atoms with E-state index in [1.165, 1.54) is 6.42 Å². The SMILES string of the molecule is O=[N+]([O-])c1conc1CC1SCCCS1. The van der Waals surface area contributed by atoms with Crippen LogP contribution in [0.4, 0.5) is 5.69 Å². The molecular weight excluding hydrogens is 236 g/mol. The summed E-state index contributed by atoms with van der Waals surface area (Å²) in [6.45, 7) is 0. The van der Waals surface area contributed by atoms with Gasteiger partial charge < -0.3 is 4.52 Å². The van der Waals surface area contributed by atoms with Gasteiger partial charge in [0.2, 0.25) is 6.26 Å². The number of hydrogen-bond acceptors (Lipinski definition) is 6. The van der Waals surface area contributed by atoms with Gasteiger partial charge in [0.05, 0.1) is 9.51 Å². The van der Waals surface area contributed by atoms with E-state index in [4.69, 9.17) is 0 Å². The molecule has 0 radical (unpaired) electrons. The Bertz CT molecular complexity index is 349. The van der Waals surface area contributed by atoms with E-state index >= 15 is 0 Å². The fourth-order valence-electron chi connectivity index (χ4n) is 1.36. The first-order valence-electron chi connectivity index (χ1n) is 4.58. The Hall–Kier alpha value is -0.690. The maximum absolute atomic E-state index is 10.6. The lowest BCUT2D eigenvalue weighted by molar-refractivity contribution is -0.385. The van der Waals surface area contributed by atoms with Crippen LogP contribution in [0.15, 0.2) is 10.8 Å².